The van der Waals surface area contributed by atoms with Gasteiger partial charge in [0.25, 0.3) is 0 Å². The number of nitrogens with zero attached hydrogens (tertiary/aromatic N) is 2. The van der Waals surface area contributed by atoms with E-state index in [0.29, 0.717) is 0 Å². The fourth-order valence-corrected chi connectivity index (χ4v) is 3.51. The Bertz CT molecular complexity index is 818. The predicted molar refractivity (Wildman–Crippen MR) is 86.4 cm³/mol. The van der Waals surface area contributed by atoms with Crippen molar-refractivity contribution in [2.45, 2.75) is 12.8 Å². The summed E-state index contributed by atoms with van der Waals surface area (Å²) in [7, 11) is 3.92. The normalized spacial score (nSPS) is 16.2. The van der Waals surface area contributed by atoms with Crippen molar-refractivity contribution in [2.75, 3.05) is 37.0 Å². The van der Waals surface area contributed by atoms with Crippen molar-refractivity contribution in [1.29, 1.82) is 0 Å². The SMILES string of the molecule is CN(C)c1cc(=O)oc2c3c4c(cc12)C=CCN4CCC3. The molecule has 0 fully saturated rings. The zero-order valence-corrected chi connectivity index (χ0v) is 12.3. The van der Waals surface area contributed by atoms with Crippen LogP contribution in [-0.4, -0.2) is 27.2 Å². The Morgan fingerprint density at radius 1 is 1.29 bits per heavy atom. The number of hydrogen-bond acceptors (Lipinski definition) is 4. The van der Waals surface area contributed by atoms with E-state index < -0.39 is 0 Å². The lowest BCUT2D eigenvalue weighted by Crippen LogP contribution is -2.32. The lowest BCUT2D eigenvalue weighted by Gasteiger charge is -2.34. The predicted octanol–water partition coefficient (Wildman–Crippen LogP) is 2.64. The summed E-state index contributed by atoms with van der Waals surface area (Å²) in [6.07, 6.45) is 6.47. The zero-order chi connectivity index (χ0) is 14.6. The van der Waals surface area contributed by atoms with Gasteiger partial charge in [0.1, 0.15) is 5.58 Å². The van der Waals surface area contributed by atoms with Crippen LogP contribution in [-0.2, 0) is 6.42 Å². The lowest BCUT2D eigenvalue weighted by atomic mass is 9.92. The fraction of sp³-hybridized carbons (Fsp3) is 0.353. The summed E-state index contributed by atoms with van der Waals surface area (Å²) in [6, 6.07) is 3.73. The van der Waals surface area contributed by atoms with Gasteiger partial charge in [0.15, 0.2) is 0 Å². The molecule has 1 aromatic heterocycles. The molecule has 4 nitrogen and oxygen atoms in total. The summed E-state index contributed by atoms with van der Waals surface area (Å²) in [5.41, 5.74) is 5.11. The van der Waals surface area contributed by atoms with E-state index in [-0.39, 0.29) is 5.63 Å². The van der Waals surface area contributed by atoms with Gasteiger partial charge in [-0.15, -0.1) is 0 Å². The number of aryl methyl sites for hydroxylation is 1. The van der Waals surface area contributed by atoms with Crippen molar-refractivity contribution < 1.29 is 4.42 Å². The summed E-state index contributed by atoms with van der Waals surface area (Å²) in [6.45, 7) is 2.02. The number of anilines is 2. The Labute approximate surface area is 123 Å². The largest absolute Gasteiger partial charge is 0.422 e. The van der Waals surface area contributed by atoms with Gasteiger partial charge in [0.2, 0.25) is 0 Å². The second-order valence-electron chi connectivity index (χ2n) is 5.97. The second-order valence-corrected chi connectivity index (χ2v) is 5.97. The Hall–Kier alpha value is -2.23. The first kappa shape index (κ1) is 12.5. The highest BCUT2D eigenvalue weighted by Gasteiger charge is 2.25. The third kappa shape index (κ3) is 1.78. The second kappa shape index (κ2) is 4.38. The van der Waals surface area contributed by atoms with Crippen molar-refractivity contribution in [1.82, 2.24) is 0 Å². The van der Waals surface area contributed by atoms with Crippen LogP contribution in [0.4, 0.5) is 11.4 Å². The van der Waals surface area contributed by atoms with Crippen LogP contribution in [0, 0.1) is 0 Å². The van der Waals surface area contributed by atoms with Crippen LogP contribution in [0.5, 0.6) is 0 Å². The molecule has 21 heavy (non-hydrogen) atoms. The molecule has 0 unspecified atom stereocenters. The van der Waals surface area contributed by atoms with E-state index >= 15 is 0 Å². The topological polar surface area (TPSA) is 36.7 Å². The Morgan fingerprint density at radius 2 is 2.14 bits per heavy atom. The number of benzene rings is 1. The molecular formula is C17H18N2O2. The molecule has 0 amide bonds. The van der Waals surface area contributed by atoms with Crippen molar-refractivity contribution in [3.05, 3.63) is 39.8 Å². The van der Waals surface area contributed by atoms with Gasteiger partial charge >= 0.3 is 5.63 Å². The molecule has 0 spiro atoms. The monoisotopic (exact) mass is 282 g/mol. The van der Waals surface area contributed by atoms with Gasteiger partial charge in [0, 0.05) is 44.2 Å². The maximum absolute atomic E-state index is 11.9. The third-order valence-corrected chi connectivity index (χ3v) is 4.39. The molecule has 2 aliphatic rings. The Kier molecular flexibility index (Phi) is 2.61. The molecule has 1 aromatic carbocycles. The molecule has 0 atom stereocenters. The van der Waals surface area contributed by atoms with Crippen LogP contribution >= 0.6 is 0 Å². The van der Waals surface area contributed by atoms with Crippen LogP contribution in [0.15, 0.2) is 27.4 Å². The molecule has 0 saturated carbocycles. The van der Waals surface area contributed by atoms with Crippen molar-refractivity contribution in [3.8, 4) is 0 Å². The smallest absolute Gasteiger partial charge is 0.338 e. The van der Waals surface area contributed by atoms with E-state index in [9.17, 15) is 4.79 Å². The van der Waals surface area contributed by atoms with E-state index in [1.807, 2.05) is 19.0 Å². The first-order chi connectivity index (χ1) is 10.1. The molecular weight excluding hydrogens is 264 g/mol. The van der Waals surface area contributed by atoms with Crippen molar-refractivity contribution in [3.63, 3.8) is 0 Å². The first-order valence-corrected chi connectivity index (χ1v) is 7.37. The van der Waals surface area contributed by atoms with E-state index in [1.165, 1.54) is 16.8 Å². The third-order valence-electron chi connectivity index (χ3n) is 4.39. The maximum atomic E-state index is 11.9. The lowest BCUT2D eigenvalue weighted by molar-refractivity contribution is 0.553. The summed E-state index contributed by atoms with van der Waals surface area (Å²) < 4.78 is 5.59. The fourth-order valence-electron chi connectivity index (χ4n) is 3.51. The molecule has 4 rings (SSSR count). The Balaban J connectivity index is 2.15. The summed E-state index contributed by atoms with van der Waals surface area (Å²) in [4.78, 5) is 16.3. The summed E-state index contributed by atoms with van der Waals surface area (Å²) in [5, 5.41) is 1.03. The molecule has 0 saturated heterocycles. The minimum absolute atomic E-state index is 0.272. The quantitative estimate of drug-likeness (QED) is 0.753. The van der Waals surface area contributed by atoms with Crippen LogP contribution in [0.2, 0.25) is 0 Å². The maximum Gasteiger partial charge on any atom is 0.338 e. The van der Waals surface area contributed by atoms with Gasteiger partial charge in [-0.3, -0.25) is 0 Å². The first-order valence-electron chi connectivity index (χ1n) is 7.37. The van der Waals surface area contributed by atoms with E-state index in [2.05, 4.69) is 23.1 Å². The standard InChI is InChI=1S/C17H18N2O2/c1-18(2)14-10-15(20)21-17-12-6-4-8-19-7-3-5-11(16(12)19)9-13(14)17/h3,5,9-10H,4,6-8H2,1-2H3. The van der Waals surface area contributed by atoms with Crippen LogP contribution < -0.4 is 15.4 Å². The van der Waals surface area contributed by atoms with Crippen LogP contribution in [0.25, 0.3) is 17.0 Å². The molecule has 2 aliphatic heterocycles. The zero-order valence-electron chi connectivity index (χ0n) is 12.3. The van der Waals surface area contributed by atoms with E-state index in [4.69, 9.17) is 4.42 Å². The van der Waals surface area contributed by atoms with E-state index in [1.54, 1.807) is 6.07 Å². The van der Waals surface area contributed by atoms with Crippen LogP contribution in [0.1, 0.15) is 17.5 Å². The van der Waals surface area contributed by atoms with Gasteiger partial charge in [-0.25, -0.2) is 4.79 Å². The van der Waals surface area contributed by atoms with Gasteiger partial charge in [-0.1, -0.05) is 12.2 Å². The molecule has 108 valence electrons. The summed E-state index contributed by atoms with van der Waals surface area (Å²) in [5.74, 6) is 0. The average molecular weight is 282 g/mol. The minimum Gasteiger partial charge on any atom is -0.422 e. The highest BCUT2D eigenvalue weighted by atomic mass is 16.4. The van der Waals surface area contributed by atoms with Gasteiger partial charge < -0.3 is 14.2 Å². The van der Waals surface area contributed by atoms with Crippen LogP contribution in [0.3, 0.4) is 0 Å². The van der Waals surface area contributed by atoms with Gasteiger partial charge in [-0.05, 0) is 24.5 Å². The van der Waals surface area contributed by atoms with Gasteiger partial charge in [0.05, 0.1) is 11.4 Å². The van der Waals surface area contributed by atoms with E-state index in [0.717, 1.165) is 42.6 Å². The molecule has 0 N–H and O–H groups in total. The molecule has 0 bridgehead atoms. The minimum atomic E-state index is -0.272. The molecule has 0 radical (unpaired) electrons. The van der Waals surface area contributed by atoms with Crippen molar-refractivity contribution in [2.24, 2.45) is 0 Å². The molecule has 4 heteroatoms. The van der Waals surface area contributed by atoms with Gasteiger partial charge in [-0.2, -0.15) is 0 Å². The molecule has 3 heterocycles. The molecule has 0 aliphatic carbocycles. The van der Waals surface area contributed by atoms with Crippen molar-refractivity contribution >= 4 is 28.4 Å². The summed E-state index contributed by atoms with van der Waals surface area (Å²) >= 11 is 0. The number of fused-ring (bicyclic) bond motifs is 2. The highest BCUT2D eigenvalue weighted by Crippen LogP contribution is 2.41. The number of hydrogen-bond donors (Lipinski definition) is 0. The molecule has 2 aromatic rings. The Morgan fingerprint density at radius 3 is 2.95 bits per heavy atom. The average Bonchev–Trinajstić information content (AvgIpc) is 2.48. The highest BCUT2D eigenvalue weighted by molar-refractivity contribution is 5.99. The number of rotatable bonds is 1.